The molecule has 0 bridgehead atoms. The van der Waals surface area contributed by atoms with E-state index in [1.165, 1.54) is 29.5 Å². The molecule has 118 valence electrons. The number of carboxylic acids is 1. The van der Waals surface area contributed by atoms with Crippen molar-refractivity contribution >= 4 is 27.5 Å². The Morgan fingerprint density at radius 3 is 2.61 bits per heavy atom. The molecule has 23 heavy (non-hydrogen) atoms. The molecular weight excluding hydrogens is 324 g/mol. The third-order valence-corrected chi connectivity index (χ3v) is 4.20. The number of nitrogens with zero attached hydrogens (tertiary/aromatic N) is 1. The maximum atomic E-state index is 12.1. The second-order valence-electron chi connectivity index (χ2n) is 4.79. The SMILES string of the molecule is O=C(O)c1ccc2nc(Cc3ccc(OC(F)F)cc3)sc2c1. The minimum atomic E-state index is -2.84. The number of carbonyl (C=O) groups is 1. The van der Waals surface area contributed by atoms with Crippen LogP contribution >= 0.6 is 11.3 Å². The first-order valence-electron chi connectivity index (χ1n) is 6.68. The van der Waals surface area contributed by atoms with Gasteiger partial charge < -0.3 is 9.84 Å². The number of thiazole rings is 1. The standard InChI is InChI=1S/C16H11F2NO3S/c17-16(18)22-11-4-1-9(2-5-11)7-14-19-12-6-3-10(15(20)21)8-13(12)23-14/h1-6,8,16H,7H2,(H,20,21). The molecular formula is C16H11F2NO3S. The van der Waals surface area contributed by atoms with Crippen molar-refractivity contribution in [2.24, 2.45) is 0 Å². The van der Waals surface area contributed by atoms with Gasteiger partial charge in [0.2, 0.25) is 0 Å². The van der Waals surface area contributed by atoms with Gasteiger partial charge in [0.25, 0.3) is 0 Å². The zero-order chi connectivity index (χ0) is 16.4. The minimum Gasteiger partial charge on any atom is -0.478 e. The predicted molar refractivity (Wildman–Crippen MR) is 82.5 cm³/mol. The largest absolute Gasteiger partial charge is 0.478 e. The van der Waals surface area contributed by atoms with Gasteiger partial charge in [0.05, 0.1) is 20.8 Å². The van der Waals surface area contributed by atoms with Crippen LogP contribution in [0.1, 0.15) is 20.9 Å². The molecule has 0 aliphatic heterocycles. The number of alkyl halides is 2. The lowest BCUT2D eigenvalue weighted by atomic mass is 10.1. The van der Waals surface area contributed by atoms with Crippen molar-refractivity contribution in [1.29, 1.82) is 0 Å². The van der Waals surface area contributed by atoms with Crippen LogP contribution < -0.4 is 4.74 Å². The predicted octanol–water partition coefficient (Wildman–Crippen LogP) is 4.19. The summed E-state index contributed by atoms with van der Waals surface area (Å²) in [4.78, 5) is 15.4. The summed E-state index contributed by atoms with van der Waals surface area (Å²) in [6, 6.07) is 11.2. The molecule has 0 atom stereocenters. The van der Waals surface area contributed by atoms with Gasteiger partial charge in [-0.15, -0.1) is 11.3 Å². The molecule has 2 aromatic carbocycles. The van der Waals surface area contributed by atoms with E-state index < -0.39 is 12.6 Å². The maximum Gasteiger partial charge on any atom is 0.387 e. The van der Waals surface area contributed by atoms with E-state index in [1.54, 1.807) is 24.3 Å². The third-order valence-electron chi connectivity index (χ3n) is 3.18. The number of ether oxygens (including phenoxy) is 1. The fraction of sp³-hybridized carbons (Fsp3) is 0.125. The van der Waals surface area contributed by atoms with Crippen LogP contribution in [0.3, 0.4) is 0 Å². The Labute approximate surface area is 134 Å². The zero-order valence-electron chi connectivity index (χ0n) is 11.7. The first-order valence-corrected chi connectivity index (χ1v) is 7.49. The number of rotatable bonds is 5. The van der Waals surface area contributed by atoms with E-state index in [2.05, 4.69) is 9.72 Å². The topological polar surface area (TPSA) is 59.4 Å². The number of halogens is 2. The number of benzene rings is 2. The molecule has 0 saturated carbocycles. The number of aromatic nitrogens is 1. The first-order chi connectivity index (χ1) is 11.0. The molecule has 1 heterocycles. The lowest BCUT2D eigenvalue weighted by molar-refractivity contribution is -0.0498. The normalized spacial score (nSPS) is 11.1. The van der Waals surface area contributed by atoms with Gasteiger partial charge in [-0.3, -0.25) is 0 Å². The molecule has 3 rings (SSSR count). The van der Waals surface area contributed by atoms with Gasteiger partial charge >= 0.3 is 12.6 Å². The number of carboxylic acid groups (broad SMARTS) is 1. The number of hydrogen-bond acceptors (Lipinski definition) is 4. The van der Waals surface area contributed by atoms with Gasteiger partial charge in [-0.25, -0.2) is 9.78 Å². The Hall–Kier alpha value is -2.54. The van der Waals surface area contributed by atoms with Gasteiger partial charge in [0, 0.05) is 6.42 Å². The van der Waals surface area contributed by atoms with Gasteiger partial charge in [-0.2, -0.15) is 8.78 Å². The maximum absolute atomic E-state index is 12.1. The van der Waals surface area contributed by atoms with E-state index >= 15 is 0 Å². The van der Waals surface area contributed by atoms with E-state index in [9.17, 15) is 13.6 Å². The van der Waals surface area contributed by atoms with Crippen molar-refractivity contribution in [3.05, 3.63) is 58.6 Å². The van der Waals surface area contributed by atoms with Gasteiger partial charge in [0.15, 0.2) is 0 Å². The Kier molecular flexibility index (Phi) is 4.20. The van der Waals surface area contributed by atoms with Crippen LogP contribution in [0.2, 0.25) is 0 Å². The lowest BCUT2D eigenvalue weighted by Crippen LogP contribution is -2.01. The zero-order valence-corrected chi connectivity index (χ0v) is 12.5. The van der Waals surface area contributed by atoms with Crippen molar-refractivity contribution in [2.75, 3.05) is 0 Å². The minimum absolute atomic E-state index is 0.110. The monoisotopic (exact) mass is 335 g/mol. The Bertz CT molecular complexity index is 846. The number of hydrogen-bond donors (Lipinski definition) is 1. The quantitative estimate of drug-likeness (QED) is 0.760. The van der Waals surface area contributed by atoms with Crippen molar-refractivity contribution in [2.45, 2.75) is 13.0 Å². The first kappa shape index (κ1) is 15.4. The molecule has 7 heteroatoms. The molecule has 0 radical (unpaired) electrons. The van der Waals surface area contributed by atoms with Gasteiger partial charge in [-0.05, 0) is 35.9 Å². The smallest absolute Gasteiger partial charge is 0.387 e. The molecule has 0 saturated heterocycles. The Balaban J connectivity index is 1.79. The van der Waals surface area contributed by atoms with Crippen LogP contribution in [0.4, 0.5) is 8.78 Å². The molecule has 0 aliphatic rings. The van der Waals surface area contributed by atoms with Crippen molar-refractivity contribution in [3.8, 4) is 5.75 Å². The second-order valence-corrected chi connectivity index (χ2v) is 5.91. The summed E-state index contributed by atoms with van der Waals surface area (Å²) in [6.45, 7) is -2.84. The summed E-state index contributed by atoms with van der Waals surface area (Å²) in [6.07, 6.45) is 0.538. The fourth-order valence-corrected chi connectivity index (χ4v) is 3.19. The van der Waals surface area contributed by atoms with Crippen LogP contribution in [0.15, 0.2) is 42.5 Å². The second kappa shape index (κ2) is 6.29. The Morgan fingerprint density at radius 1 is 1.22 bits per heavy atom. The highest BCUT2D eigenvalue weighted by Gasteiger charge is 2.09. The highest BCUT2D eigenvalue weighted by molar-refractivity contribution is 7.18. The summed E-state index contributed by atoms with van der Waals surface area (Å²) in [5.74, 6) is -0.865. The molecule has 0 fully saturated rings. The van der Waals surface area contributed by atoms with Crippen molar-refractivity contribution in [3.63, 3.8) is 0 Å². The molecule has 0 unspecified atom stereocenters. The molecule has 3 aromatic rings. The highest BCUT2D eigenvalue weighted by atomic mass is 32.1. The molecule has 1 N–H and O–H groups in total. The molecule has 0 aliphatic carbocycles. The highest BCUT2D eigenvalue weighted by Crippen LogP contribution is 2.26. The van der Waals surface area contributed by atoms with Gasteiger partial charge in [-0.1, -0.05) is 12.1 Å². The van der Waals surface area contributed by atoms with Crippen LogP contribution in [0.25, 0.3) is 10.2 Å². The number of aromatic carboxylic acids is 1. The van der Waals surface area contributed by atoms with Crippen molar-refractivity contribution < 1.29 is 23.4 Å². The average molecular weight is 335 g/mol. The van der Waals surface area contributed by atoms with Gasteiger partial charge in [0.1, 0.15) is 5.75 Å². The average Bonchev–Trinajstić information content (AvgIpc) is 2.90. The molecule has 4 nitrogen and oxygen atoms in total. The number of fused-ring (bicyclic) bond motifs is 1. The van der Waals surface area contributed by atoms with E-state index in [1.807, 2.05) is 0 Å². The fourth-order valence-electron chi connectivity index (χ4n) is 2.14. The molecule has 0 amide bonds. The molecule has 0 spiro atoms. The van der Waals surface area contributed by atoms with Crippen LogP contribution in [0, 0.1) is 0 Å². The lowest BCUT2D eigenvalue weighted by Gasteiger charge is -2.04. The summed E-state index contributed by atoms with van der Waals surface area (Å²) in [5, 5.41) is 9.82. The summed E-state index contributed by atoms with van der Waals surface area (Å²) in [5.41, 5.74) is 1.87. The molecule has 1 aromatic heterocycles. The van der Waals surface area contributed by atoms with E-state index in [4.69, 9.17) is 5.11 Å². The summed E-state index contributed by atoms with van der Waals surface area (Å²) in [7, 11) is 0. The summed E-state index contributed by atoms with van der Waals surface area (Å²) < 4.78 is 29.3. The third kappa shape index (κ3) is 3.62. The van der Waals surface area contributed by atoms with Crippen LogP contribution in [-0.4, -0.2) is 22.7 Å². The van der Waals surface area contributed by atoms with E-state index in [-0.39, 0.29) is 11.3 Å². The van der Waals surface area contributed by atoms with Crippen molar-refractivity contribution in [1.82, 2.24) is 4.98 Å². The van der Waals surface area contributed by atoms with E-state index in [0.717, 1.165) is 20.8 Å². The van der Waals surface area contributed by atoms with Crippen LogP contribution in [-0.2, 0) is 6.42 Å². The van der Waals surface area contributed by atoms with E-state index in [0.29, 0.717) is 6.42 Å². The summed E-state index contributed by atoms with van der Waals surface area (Å²) >= 11 is 1.41. The Morgan fingerprint density at radius 2 is 1.96 bits per heavy atom. The van der Waals surface area contributed by atoms with Crippen LogP contribution in [0.5, 0.6) is 5.75 Å².